The minimum absolute atomic E-state index is 0.226. The van der Waals surface area contributed by atoms with Crippen molar-refractivity contribution in [1.29, 1.82) is 0 Å². The van der Waals surface area contributed by atoms with Gasteiger partial charge in [0, 0.05) is 28.8 Å². The van der Waals surface area contributed by atoms with Gasteiger partial charge in [-0.2, -0.15) is 5.10 Å². The molecule has 4 aromatic rings. The van der Waals surface area contributed by atoms with Gasteiger partial charge in [0.05, 0.1) is 37.5 Å². The molecule has 0 saturated carbocycles. The Labute approximate surface area is 200 Å². The molecule has 0 N–H and O–H groups in total. The Morgan fingerprint density at radius 2 is 1.94 bits per heavy atom. The van der Waals surface area contributed by atoms with E-state index in [2.05, 4.69) is 4.98 Å². The molecule has 0 fully saturated rings. The largest absolute Gasteiger partial charge is 0.497 e. The third-order valence-corrected chi connectivity index (χ3v) is 6.10. The van der Waals surface area contributed by atoms with Gasteiger partial charge in [0.1, 0.15) is 11.5 Å². The van der Waals surface area contributed by atoms with Gasteiger partial charge < -0.3 is 18.9 Å². The number of benzene rings is 2. The van der Waals surface area contributed by atoms with Crippen LogP contribution >= 0.6 is 11.3 Å². The molecule has 0 amide bonds. The van der Waals surface area contributed by atoms with Crippen molar-refractivity contribution in [3.05, 3.63) is 76.7 Å². The van der Waals surface area contributed by atoms with Crippen LogP contribution in [0.4, 0.5) is 5.69 Å². The molecule has 2 aromatic carbocycles. The predicted molar refractivity (Wildman–Crippen MR) is 130 cm³/mol. The van der Waals surface area contributed by atoms with Gasteiger partial charge in [-0.05, 0) is 49.4 Å². The number of rotatable bonds is 6. The Kier molecular flexibility index (Phi) is 6.01. The number of hydrogen-bond donors (Lipinski definition) is 0. The predicted octanol–water partition coefficient (Wildman–Crippen LogP) is 4.86. The number of nitrogens with zero attached hydrogens (tertiary/aromatic N) is 4. The van der Waals surface area contributed by atoms with E-state index < -0.39 is 0 Å². The second-order valence-corrected chi connectivity index (χ2v) is 8.19. The molecule has 0 radical (unpaired) electrons. The van der Waals surface area contributed by atoms with E-state index in [-0.39, 0.29) is 6.79 Å². The Hall–Kier alpha value is -4.11. The maximum absolute atomic E-state index is 5.66. The minimum Gasteiger partial charge on any atom is -0.497 e. The number of ether oxygens (including phenoxy) is 4. The number of hydrogen-bond acceptors (Lipinski definition) is 8. The van der Waals surface area contributed by atoms with Crippen LogP contribution in [0, 0.1) is 0 Å². The monoisotopic (exact) mass is 474 g/mol. The first-order valence-electron chi connectivity index (χ1n) is 10.5. The van der Waals surface area contributed by atoms with Crippen molar-refractivity contribution in [2.75, 3.05) is 21.0 Å². The van der Waals surface area contributed by atoms with Gasteiger partial charge in [0.25, 0.3) is 0 Å². The average molecular weight is 475 g/mol. The van der Waals surface area contributed by atoms with Crippen molar-refractivity contribution in [3.8, 4) is 34.3 Å². The van der Waals surface area contributed by atoms with Gasteiger partial charge in [-0.3, -0.25) is 4.98 Å². The van der Waals surface area contributed by atoms with E-state index in [1.165, 1.54) is 11.3 Å². The maximum atomic E-state index is 5.66. The molecule has 172 valence electrons. The summed E-state index contributed by atoms with van der Waals surface area (Å²) in [6.07, 6.45) is 3.43. The molecule has 0 unspecified atom stereocenters. The quantitative estimate of drug-likeness (QED) is 0.373. The van der Waals surface area contributed by atoms with Crippen LogP contribution in [-0.4, -0.2) is 36.4 Å². The molecule has 0 bridgehead atoms. The average Bonchev–Trinajstić information content (AvgIpc) is 3.50. The van der Waals surface area contributed by atoms with Gasteiger partial charge in [-0.1, -0.05) is 0 Å². The first kappa shape index (κ1) is 21.7. The summed E-state index contributed by atoms with van der Waals surface area (Å²) < 4.78 is 23.8. The Balaban J connectivity index is 1.67. The van der Waals surface area contributed by atoms with Gasteiger partial charge in [-0.15, -0.1) is 11.3 Å². The number of aromatic nitrogens is 2. The number of thiazole rings is 1. The van der Waals surface area contributed by atoms with Gasteiger partial charge >= 0.3 is 0 Å². The van der Waals surface area contributed by atoms with Crippen LogP contribution in [0.15, 0.2) is 76.4 Å². The Bertz CT molecular complexity index is 1430. The van der Waals surface area contributed by atoms with E-state index in [4.69, 9.17) is 29.0 Å². The number of pyridine rings is 1. The fraction of sp³-hybridized carbons (Fsp3) is 0.160. The summed E-state index contributed by atoms with van der Waals surface area (Å²) in [7, 11) is 3.26. The third kappa shape index (κ3) is 4.25. The van der Waals surface area contributed by atoms with Crippen LogP contribution in [0.25, 0.3) is 11.3 Å². The molecule has 2 aromatic heterocycles. The molecular weight excluding hydrogens is 452 g/mol. The second-order valence-electron chi connectivity index (χ2n) is 7.36. The van der Waals surface area contributed by atoms with E-state index in [1.54, 1.807) is 26.6 Å². The lowest BCUT2D eigenvalue weighted by atomic mass is 10.1. The van der Waals surface area contributed by atoms with Gasteiger partial charge in [0.2, 0.25) is 11.6 Å². The van der Waals surface area contributed by atoms with Crippen LogP contribution in [0.2, 0.25) is 0 Å². The molecule has 0 atom stereocenters. The van der Waals surface area contributed by atoms with E-state index in [9.17, 15) is 0 Å². The lowest BCUT2D eigenvalue weighted by molar-refractivity contribution is 0.174. The molecule has 0 saturated heterocycles. The lowest BCUT2D eigenvalue weighted by Crippen LogP contribution is -2.14. The van der Waals surface area contributed by atoms with Crippen LogP contribution < -0.4 is 23.7 Å². The van der Waals surface area contributed by atoms with Gasteiger partial charge in [-0.25, -0.2) is 9.67 Å². The molecule has 0 aliphatic carbocycles. The standard InChI is InChI=1S/C25H22N4O4S/c1-16(17-6-9-22-24(11-17)33-15-32-22)28-29-21(20-8-7-19(30-2)12-23(20)31-3)14-34-25(29)27-18-5-4-10-26-13-18/h4-14H,15H2,1-3H3. The van der Waals surface area contributed by atoms with E-state index in [0.717, 1.165) is 34.0 Å². The van der Waals surface area contributed by atoms with Gasteiger partial charge in [0.15, 0.2) is 11.5 Å². The zero-order valence-corrected chi connectivity index (χ0v) is 19.7. The molecule has 0 spiro atoms. The molecule has 9 heteroatoms. The third-order valence-electron chi connectivity index (χ3n) is 5.28. The maximum Gasteiger partial charge on any atom is 0.231 e. The fourth-order valence-corrected chi connectivity index (χ4v) is 4.37. The molecule has 34 heavy (non-hydrogen) atoms. The van der Waals surface area contributed by atoms with Crippen LogP contribution in [-0.2, 0) is 0 Å². The normalized spacial score (nSPS) is 13.3. The Morgan fingerprint density at radius 3 is 2.74 bits per heavy atom. The van der Waals surface area contributed by atoms with Crippen LogP contribution in [0.3, 0.4) is 0 Å². The zero-order valence-electron chi connectivity index (χ0n) is 18.9. The summed E-state index contributed by atoms with van der Waals surface area (Å²) in [4.78, 5) is 9.65. The number of methoxy groups -OCH3 is 2. The van der Waals surface area contributed by atoms with Crippen molar-refractivity contribution in [2.24, 2.45) is 10.1 Å². The summed E-state index contributed by atoms with van der Waals surface area (Å²) in [5.41, 5.74) is 4.16. The smallest absolute Gasteiger partial charge is 0.231 e. The topological polar surface area (TPSA) is 79.5 Å². The van der Waals surface area contributed by atoms with E-state index in [0.29, 0.717) is 22.0 Å². The molecule has 5 rings (SSSR count). The summed E-state index contributed by atoms with van der Waals surface area (Å²) in [6, 6.07) is 15.2. The SMILES string of the molecule is COc1ccc(-c2csc(=Nc3cccnc3)n2N=C(C)c2ccc3c(c2)OCO3)c(OC)c1. The highest BCUT2D eigenvalue weighted by Gasteiger charge is 2.17. The van der Waals surface area contributed by atoms with Crippen molar-refractivity contribution >= 4 is 22.7 Å². The summed E-state index contributed by atoms with van der Waals surface area (Å²) in [5, 5.41) is 6.96. The second kappa shape index (κ2) is 9.40. The van der Waals surface area contributed by atoms with Crippen molar-refractivity contribution in [3.63, 3.8) is 0 Å². The lowest BCUT2D eigenvalue weighted by Gasteiger charge is -2.11. The Morgan fingerprint density at radius 1 is 1.06 bits per heavy atom. The van der Waals surface area contributed by atoms with Crippen LogP contribution in [0.5, 0.6) is 23.0 Å². The molecule has 1 aliphatic rings. The summed E-state index contributed by atoms with van der Waals surface area (Å²) in [6.45, 7) is 2.18. The van der Waals surface area contributed by atoms with E-state index >= 15 is 0 Å². The summed E-state index contributed by atoms with van der Waals surface area (Å²) in [5.74, 6) is 2.83. The van der Waals surface area contributed by atoms with E-state index in [1.807, 2.05) is 65.5 Å². The molecular formula is C25H22N4O4S. The molecule has 3 heterocycles. The van der Waals surface area contributed by atoms with Crippen molar-refractivity contribution in [2.45, 2.75) is 6.92 Å². The highest BCUT2D eigenvalue weighted by atomic mass is 32.1. The molecule has 1 aliphatic heterocycles. The minimum atomic E-state index is 0.226. The first-order chi connectivity index (χ1) is 16.7. The first-order valence-corrected chi connectivity index (χ1v) is 11.4. The highest BCUT2D eigenvalue weighted by Crippen LogP contribution is 2.35. The highest BCUT2D eigenvalue weighted by molar-refractivity contribution is 7.07. The summed E-state index contributed by atoms with van der Waals surface area (Å²) >= 11 is 1.48. The zero-order chi connectivity index (χ0) is 23.5. The fourth-order valence-electron chi connectivity index (χ4n) is 3.53. The van der Waals surface area contributed by atoms with Crippen molar-refractivity contribution in [1.82, 2.24) is 9.66 Å². The number of fused-ring (bicyclic) bond motifs is 1. The van der Waals surface area contributed by atoms with Crippen molar-refractivity contribution < 1.29 is 18.9 Å². The van der Waals surface area contributed by atoms with Crippen LogP contribution in [0.1, 0.15) is 12.5 Å². The molecule has 8 nitrogen and oxygen atoms in total.